The number of hydrogen-bond acceptors (Lipinski definition) is 1. The number of azide groups is 1. The Hall–Kier alpha value is -1.18. The first kappa shape index (κ1) is 10.9. The van der Waals surface area contributed by atoms with Gasteiger partial charge < -0.3 is 0 Å². The predicted octanol–water partition coefficient (Wildman–Crippen LogP) is 4.27. The van der Waals surface area contributed by atoms with Crippen molar-refractivity contribution in [2.24, 2.45) is 5.11 Å². The van der Waals surface area contributed by atoms with Gasteiger partial charge in [-0.25, -0.2) is 0 Å². The first-order chi connectivity index (χ1) is 6.69. The van der Waals surface area contributed by atoms with Crippen LogP contribution in [0.4, 0.5) is 0 Å². The van der Waals surface area contributed by atoms with Gasteiger partial charge in [0.25, 0.3) is 0 Å². The summed E-state index contributed by atoms with van der Waals surface area (Å²) in [5.74, 6) is 0. The van der Waals surface area contributed by atoms with E-state index in [1.807, 2.05) is 25.1 Å². The number of nitrogens with zero attached hydrogens (tertiary/aromatic N) is 3. The zero-order chi connectivity index (χ0) is 10.6. The van der Waals surface area contributed by atoms with E-state index in [0.29, 0.717) is 5.02 Å². The summed E-state index contributed by atoms with van der Waals surface area (Å²) in [4.78, 5) is 2.76. The zero-order valence-corrected chi connectivity index (χ0v) is 8.99. The van der Waals surface area contributed by atoms with E-state index in [-0.39, 0.29) is 6.04 Å². The van der Waals surface area contributed by atoms with Crippen LogP contribution in [0.3, 0.4) is 0 Å². The zero-order valence-electron chi connectivity index (χ0n) is 8.24. The molecule has 0 aliphatic rings. The lowest BCUT2D eigenvalue weighted by Crippen LogP contribution is -1.91. The second-order valence-corrected chi connectivity index (χ2v) is 3.50. The SMILES string of the molecule is CCc1ccc(C(C)N=[N+]=[N-])c(Cl)c1. The molecule has 1 aromatic carbocycles. The lowest BCUT2D eigenvalue weighted by atomic mass is 10.1. The van der Waals surface area contributed by atoms with Crippen molar-refractivity contribution in [2.75, 3.05) is 0 Å². The van der Waals surface area contributed by atoms with Crippen LogP contribution in [-0.4, -0.2) is 0 Å². The van der Waals surface area contributed by atoms with E-state index in [1.54, 1.807) is 0 Å². The van der Waals surface area contributed by atoms with Crippen LogP contribution >= 0.6 is 11.6 Å². The molecule has 4 heteroatoms. The van der Waals surface area contributed by atoms with Gasteiger partial charge in [0, 0.05) is 9.93 Å². The molecule has 3 nitrogen and oxygen atoms in total. The molecule has 0 aromatic heterocycles. The Morgan fingerprint density at radius 2 is 2.29 bits per heavy atom. The summed E-state index contributed by atoms with van der Waals surface area (Å²) < 4.78 is 0. The standard InChI is InChI=1S/C10H12ClN3/c1-3-8-4-5-9(10(11)6-8)7(2)13-14-12/h4-7H,3H2,1-2H3. The van der Waals surface area contributed by atoms with Crippen LogP contribution in [0.2, 0.25) is 5.02 Å². The van der Waals surface area contributed by atoms with Gasteiger partial charge in [-0.2, -0.15) is 0 Å². The quantitative estimate of drug-likeness (QED) is 0.406. The summed E-state index contributed by atoms with van der Waals surface area (Å²) in [7, 11) is 0. The molecule has 0 saturated heterocycles. The van der Waals surface area contributed by atoms with Gasteiger partial charge in [0.1, 0.15) is 0 Å². The van der Waals surface area contributed by atoms with Crippen LogP contribution in [0.15, 0.2) is 23.3 Å². The highest BCUT2D eigenvalue weighted by atomic mass is 35.5. The molecular weight excluding hydrogens is 198 g/mol. The van der Waals surface area contributed by atoms with Crippen molar-refractivity contribution in [2.45, 2.75) is 26.3 Å². The Kier molecular flexibility index (Phi) is 3.81. The molecule has 0 radical (unpaired) electrons. The van der Waals surface area contributed by atoms with Crippen LogP contribution in [-0.2, 0) is 6.42 Å². The monoisotopic (exact) mass is 209 g/mol. The summed E-state index contributed by atoms with van der Waals surface area (Å²) in [5, 5.41) is 4.28. The van der Waals surface area contributed by atoms with Crippen LogP contribution in [0.1, 0.15) is 31.0 Å². The fourth-order valence-corrected chi connectivity index (χ4v) is 1.63. The fourth-order valence-electron chi connectivity index (χ4n) is 1.27. The van der Waals surface area contributed by atoms with Crippen molar-refractivity contribution >= 4 is 11.6 Å². The lowest BCUT2D eigenvalue weighted by Gasteiger charge is -2.08. The lowest BCUT2D eigenvalue weighted by molar-refractivity contribution is 0.807. The molecule has 1 rings (SSSR count). The molecule has 0 N–H and O–H groups in total. The van der Waals surface area contributed by atoms with Crippen molar-refractivity contribution in [1.82, 2.24) is 0 Å². The van der Waals surface area contributed by atoms with E-state index in [0.717, 1.165) is 12.0 Å². The maximum Gasteiger partial charge on any atom is 0.0611 e. The number of rotatable bonds is 3. The van der Waals surface area contributed by atoms with Crippen molar-refractivity contribution in [1.29, 1.82) is 0 Å². The fraction of sp³-hybridized carbons (Fsp3) is 0.400. The molecule has 0 aliphatic heterocycles. The smallest absolute Gasteiger partial charge is 0.0611 e. The van der Waals surface area contributed by atoms with Crippen molar-refractivity contribution in [3.8, 4) is 0 Å². The van der Waals surface area contributed by atoms with E-state index in [9.17, 15) is 0 Å². The molecule has 0 bridgehead atoms. The first-order valence-corrected chi connectivity index (χ1v) is 4.89. The van der Waals surface area contributed by atoms with Crippen molar-refractivity contribution in [3.05, 3.63) is 44.8 Å². The molecule has 0 spiro atoms. The molecular formula is C10H12ClN3. The van der Waals surface area contributed by atoms with Gasteiger partial charge in [-0.3, -0.25) is 0 Å². The molecule has 1 aromatic rings. The molecule has 1 unspecified atom stereocenters. The normalized spacial score (nSPS) is 11.9. The second-order valence-electron chi connectivity index (χ2n) is 3.09. The highest BCUT2D eigenvalue weighted by molar-refractivity contribution is 6.31. The van der Waals surface area contributed by atoms with Crippen LogP contribution in [0.5, 0.6) is 0 Å². The molecule has 0 fully saturated rings. The van der Waals surface area contributed by atoms with Gasteiger partial charge in [-0.05, 0) is 29.1 Å². The van der Waals surface area contributed by atoms with Crippen molar-refractivity contribution in [3.63, 3.8) is 0 Å². The molecule has 1 atom stereocenters. The largest absolute Gasteiger partial charge is 0.0861 e. The third kappa shape index (κ3) is 2.41. The van der Waals surface area contributed by atoms with Crippen LogP contribution in [0.25, 0.3) is 10.4 Å². The van der Waals surface area contributed by atoms with Gasteiger partial charge in [-0.1, -0.05) is 42.7 Å². The Morgan fingerprint density at radius 3 is 2.79 bits per heavy atom. The molecule has 0 aliphatic carbocycles. The molecule has 74 valence electrons. The minimum atomic E-state index is -0.210. The number of aryl methyl sites for hydroxylation is 1. The van der Waals surface area contributed by atoms with E-state index in [2.05, 4.69) is 16.9 Å². The maximum absolute atomic E-state index is 8.30. The minimum Gasteiger partial charge on any atom is -0.0861 e. The van der Waals surface area contributed by atoms with E-state index in [4.69, 9.17) is 17.1 Å². The van der Waals surface area contributed by atoms with Crippen LogP contribution < -0.4 is 0 Å². The van der Waals surface area contributed by atoms with E-state index in [1.165, 1.54) is 5.56 Å². The Labute approximate surface area is 88.3 Å². The average molecular weight is 210 g/mol. The Morgan fingerprint density at radius 1 is 1.57 bits per heavy atom. The van der Waals surface area contributed by atoms with Crippen LogP contribution in [0, 0.1) is 0 Å². The highest BCUT2D eigenvalue weighted by Gasteiger charge is 2.07. The van der Waals surface area contributed by atoms with Gasteiger partial charge in [-0.15, -0.1) is 0 Å². The summed E-state index contributed by atoms with van der Waals surface area (Å²) in [6.45, 7) is 3.90. The Bertz CT molecular complexity index is 370. The van der Waals surface area contributed by atoms with E-state index < -0.39 is 0 Å². The van der Waals surface area contributed by atoms with Gasteiger partial charge in [0.15, 0.2) is 0 Å². The maximum atomic E-state index is 8.30. The van der Waals surface area contributed by atoms with Gasteiger partial charge in [0.2, 0.25) is 0 Å². The third-order valence-corrected chi connectivity index (χ3v) is 2.48. The summed E-state index contributed by atoms with van der Waals surface area (Å²) in [5.41, 5.74) is 10.4. The topological polar surface area (TPSA) is 48.8 Å². The van der Waals surface area contributed by atoms with Crippen molar-refractivity contribution < 1.29 is 0 Å². The minimum absolute atomic E-state index is 0.210. The summed E-state index contributed by atoms with van der Waals surface area (Å²) >= 11 is 6.06. The van der Waals surface area contributed by atoms with E-state index >= 15 is 0 Å². The third-order valence-electron chi connectivity index (χ3n) is 2.15. The molecule has 0 saturated carbocycles. The van der Waals surface area contributed by atoms with Gasteiger partial charge in [0.05, 0.1) is 6.04 Å². The molecule has 14 heavy (non-hydrogen) atoms. The highest BCUT2D eigenvalue weighted by Crippen LogP contribution is 2.26. The first-order valence-electron chi connectivity index (χ1n) is 4.51. The molecule has 0 amide bonds. The second kappa shape index (κ2) is 4.89. The number of benzene rings is 1. The average Bonchev–Trinajstić information content (AvgIpc) is 2.17. The van der Waals surface area contributed by atoms with Gasteiger partial charge >= 0.3 is 0 Å². The Balaban J connectivity index is 3.05. The number of hydrogen-bond donors (Lipinski definition) is 0. The summed E-state index contributed by atoms with van der Waals surface area (Å²) in [6.07, 6.45) is 0.954. The molecule has 0 heterocycles. The number of halogens is 1. The summed E-state index contributed by atoms with van der Waals surface area (Å²) in [6, 6.07) is 5.63. The predicted molar refractivity (Wildman–Crippen MR) is 58.4 cm³/mol.